The predicted octanol–water partition coefficient (Wildman–Crippen LogP) is 5.14. The molecule has 1 amide bonds. The Bertz CT molecular complexity index is 1410. The van der Waals surface area contributed by atoms with Crippen LogP contribution in [-0.4, -0.2) is 57.5 Å². The number of hydrogen-bond acceptors (Lipinski definition) is 7. The van der Waals surface area contributed by atoms with Gasteiger partial charge in [0.2, 0.25) is 0 Å². The summed E-state index contributed by atoms with van der Waals surface area (Å²) in [7, 11) is 3.51. The second kappa shape index (κ2) is 9.95. The average molecular weight is 598 g/mol. The Kier molecular flexibility index (Phi) is 6.76. The summed E-state index contributed by atoms with van der Waals surface area (Å²) in [5.41, 5.74) is 6.00. The highest BCUT2D eigenvalue weighted by Gasteiger charge is 2.44. The normalized spacial score (nSPS) is 22.4. The number of ether oxygens (including phenoxy) is 1. The Balaban J connectivity index is 1.37. The number of nitrogens with zero attached hydrogens (tertiary/aromatic N) is 6. The molecule has 3 aromatic rings. The molecular formula is C28H33BrN6O2S. The van der Waals surface area contributed by atoms with Crippen molar-refractivity contribution in [1.29, 1.82) is 0 Å². The molecule has 38 heavy (non-hydrogen) atoms. The second-order valence-corrected chi connectivity index (χ2v) is 12.5. The molecule has 6 rings (SSSR count). The van der Waals surface area contributed by atoms with Crippen LogP contribution in [0.2, 0.25) is 0 Å². The Labute approximate surface area is 236 Å². The number of benzene rings is 1. The van der Waals surface area contributed by atoms with Gasteiger partial charge >= 0.3 is 0 Å². The molecule has 4 heterocycles. The Morgan fingerprint density at radius 3 is 2.87 bits per heavy atom. The van der Waals surface area contributed by atoms with Gasteiger partial charge in [-0.05, 0) is 60.8 Å². The van der Waals surface area contributed by atoms with Crippen LogP contribution in [0.1, 0.15) is 70.7 Å². The maximum atomic E-state index is 12.5. The maximum absolute atomic E-state index is 12.5. The maximum Gasteiger partial charge on any atom is 0.273 e. The van der Waals surface area contributed by atoms with Crippen molar-refractivity contribution in [3.8, 4) is 0 Å². The average Bonchev–Trinajstić information content (AvgIpc) is 3.20. The molecule has 1 aliphatic carbocycles. The zero-order valence-electron chi connectivity index (χ0n) is 22.3. The minimum absolute atomic E-state index is 0.0753. The summed E-state index contributed by atoms with van der Waals surface area (Å²) in [5.74, 6) is 1.39. The molecule has 0 bridgehead atoms. The highest BCUT2D eigenvalue weighted by Crippen LogP contribution is 2.49. The van der Waals surface area contributed by atoms with Crippen molar-refractivity contribution in [2.75, 3.05) is 31.8 Å². The number of halogens is 1. The van der Waals surface area contributed by atoms with Crippen molar-refractivity contribution in [1.82, 2.24) is 24.6 Å². The van der Waals surface area contributed by atoms with Crippen LogP contribution in [0.5, 0.6) is 0 Å². The molecule has 0 unspecified atom stereocenters. The van der Waals surface area contributed by atoms with Gasteiger partial charge < -0.3 is 14.5 Å². The van der Waals surface area contributed by atoms with Crippen LogP contribution in [0.4, 0.5) is 5.82 Å². The topological polar surface area (TPSA) is 76.4 Å². The van der Waals surface area contributed by atoms with Gasteiger partial charge in [0.1, 0.15) is 5.82 Å². The highest BCUT2D eigenvalue weighted by molar-refractivity contribution is 9.10. The molecule has 3 aliphatic rings. The minimum Gasteiger partial charge on any atom is -0.365 e. The molecule has 2 atom stereocenters. The van der Waals surface area contributed by atoms with E-state index < -0.39 is 0 Å². The summed E-state index contributed by atoms with van der Waals surface area (Å²) in [6, 6.07) is 8.56. The monoisotopic (exact) mass is 596 g/mol. The molecule has 1 spiro atoms. The van der Waals surface area contributed by atoms with Gasteiger partial charge in [0.25, 0.3) is 5.91 Å². The third-order valence-electron chi connectivity index (χ3n) is 8.14. The highest BCUT2D eigenvalue weighted by atomic mass is 79.9. The van der Waals surface area contributed by atoms with Gasteiger partial charge in [-0.3, -0.25) is 9.48 Å². The van der Waals surface area contributed by atoms with Crippen molar-refractivity contribution in [2.45, 2.75) is 69.0 Å². The number of anilines is 1. The van der Waals surface area contributed by atoms with E-state index in [1.165, 1.54) is 11.1 Å². The summed E-state index contributed by atoms with van der Waals surface area (Å²) in [6.45, 7) is 5.07. The summed E-state index contributed by atoms with van der Waals surface area (Å²) in [6.07, 6.45) is 5.78. The zero-order valence-corrected chi connectivity index (χ0v) is 24.7. The summed E-state index contributed by atoms with van der Waals surface area (Å²) in [4.78, 5) is 26.5. The summed E-state index contributed by atoms with van der Waals surface area (Å²) < 4.78 is 9.89. The van der Waals surface area contributed by atoms with Gasteiger partial charge in [0, 0.05) is 43.6 Å². The number of aromatic nitrogens is 4. The lowest BCUT2D eigenvalue weighted by atomic mass is 9.71. The SMILES string of the molecule is CSc1nc2c(c(N3CCCn4nc(C(=O)N(C)C)cc4C3)n1)CO[C@@]1(CC[C@H](C)c3ccc(Br)cc31)C2. The number of rotatable bonds is 3. The van der Waals surface area contributed by atoms with Crippen LogP contribution in [0, 0.1) is 0 Å². The quantitative estimate of drug-likeness (QED) is 0.306. The smallest absolute Gasteiger partial charge is 0.273 e. The van der Waals surface area contributed by atoms with Gasteiger partial charge in [0.15, 0.2) is 10.9 Å². The van der Waals surface area contributed by atoms with Gasteiger partial charge in [0.05, 0.1) is 30.1 Å². The fraction of sp³-hybridized carbons (Fsp3) is 0.500. The number of carbonyl (C=O) groups is 1. The van der Waals surface area contributed by atoms with Gasteiger partial charge in [-0.1, -0.05) is 40.7 Å². The Morgan fingerprint density at radius 2 is 2.08 bits per heavy atom. The van der Waals surface area contributed by atoms with E-state index >= 15 is 0 Å². The van der Waals surface area contributed by atoms with Crippen molar-refractivity contribution in [3.05, 3.63) is 62.5 Å². The fourth-order valence-electron chi connectivity index (χ4n) is 6.08. The van der Waals surface area contributed by atoms with Crippen LogP contribution in [-0.2, 0) is 36.5 Å². The van der Waals surface area contributed by atoms with E-state index in [-0.39, 0.29) is 11.5 Å². The molecule has 0 radical (unpaired) electrons. The molecule has 10 heteroatoms. The number of carbonyl (C=O) groups excluding carboxylic acids is 1. The van der Waals surface area contributed by atoms with Crippen molar-refractivity contribution in [3.63, 3.8) is 0 Å². The fourth-order valence-corrected chi connectivity index (χ4v) is 6.82. The lowest BCUT2D eigenvalue weighted by Gasteiger charge is -2.44. The molecule has 0 saturated heterocycles. The van der Waals surface area contributed by atoms with E-state index in [2.05, 4.69) is 51.1 Å². The number of aryl methyl sites for hydroxylation is 1. The zero-order chi connectivity index (χ0) is 26.6. The number of amides is 1. The first-order chi connectivity index (χ1) is 18.3. The third kappa shape index (κ3) is 4.44. The first-order valence-electron chi connectivity index (χ1n) is 13.2. The van der Waals surface area contributed by atoms with E-state index in [4.69, 9.17) is 14.7 Å². The molecule has 0 N–H and O–H groups in total. The molecule has 200 valence electrons. The molecule has 2 aliphatic heterocycles. The predicted molar refractivity (Wildman–Crippen MR) is 152 cm³/mol. The van der Waals surface area contributed by atoms with Gasteiger partial charge in [-0.25, -0.2) is 9.97 Å². The van der Waals surface area contributed by atoms with Crippen molar-refractivity contribution >= 4 is 39.4 Å². The van der Waals surface area contributed by atoms with Gasteiger partial charge in [-0.2, -0.15) is 5.10 Å². The molecule has 8 nitrogen and oxygen atoms in total. The standard InChI is InChI=1S/C28H33BrN6O2S/c1-17-8-9-28(22-12-18(29)6-7-20(17)22)14-24-21(16-37-28)25(31-27(30-24)38-4)34-10-5-11-35-19(15-34)13-23(32-35)26(36)33(2)3/h6-7,12-13,17H,5,8-11,14-16H2,1-4H3/t17-,28-/m0/s1. The summed E-state index contributed by atoms with van der Waals surface area (Å²) >= 11 is 5.28. The molecule has 0 saturated carbocycles. The first-order valence-corrected chi connectivity index (χ1v) is 15.2. The minimum atomic E-state index is -0.362. The summed E-state index contributed by atoms with van der Waals surface area (Å²) in [5, 5.41) is 5.39. The Morgan fingerprint density at radius 1 is 1.24 bits per heavy atom. The largest absolute Gasteiger partial charge is 0.365 e. The van der Waals surface area contributed by atoms with Crippen LogP contribution in [0.3, 0.4) is 0 Å². The van der Waals surface area contributed by atoms with Crippen molar-refractivity contribution < 1.29 is 9.53 Å². The van der Waals surface area contributed by atoms with Crippen LogP contribution < -0.4 is 4.90 Å². The van der Waals surface area contributed by atoms with Crippen LogP contribution in [0.25, 0.3) is 0 Å². The van der Waals surface area contributed by atoms with E-state index in [1.807, 2.05) is 17.0 Å². The van der Waals surface area contributed by atoms with E-state index in [0.29, 0.717) is 24.8 Å². The van der Waals surface area contributed by atoms with E-state index in [9.17, 15) is 4.79 Å². The van der Waals surface area contributed by atoms with Gasteiger partial charge in [-0.15, -0.1) is 0 Å². The lowest BCUT2D eigenvalue weighted by molar-refractivity contribution is -0.0872. The van der Waals surface area contributed by atoms with E-state index in [0.717, 1.165) is 71.2 Å². The number of hydrogen-bond donors (Lipinski definition) is 0. The lowest BCUT2D eigenvalue weighted by Crippen LogP contribution is -2.41. The second-order valence-electron chi connectivity index (χ2n) is 10.8. The molecular weight excluding hydrogens is 564 g/mol. The number of fused-ring (bicyclic) bond motifs is 4. The molecule has 1 aromatic carbocycles. The first kappa shape index (κ1) is 25.8. The third-order valence-corrected chi connectivity index (χ3v) is 9.18. The van der Waals surface area contributed by atoms with Crippen molar-refractivity contribution in [2.24, 2.45) is 0 Å². The number of thioether (sulfide) groups is 1. The molecule has 2 aromatic heterocycles. The molecule has 0 fully saturated rings. The van der Waals surface area contributed by atoms with Crippen LogP contribution in [0.15, 0.2) is 33.9 Å². The van der Waals surface area contributed by atoms with Crippen LogP contribution >= 0.6 is 27.7 Å². The Hall–Kier alpha value is -2.43. The van der Waals surface area contributed by atoms with E-state index in [1.54, 1.807) is 30.8 Å².